The van der Waals surface area contributed by atoms with Crippen LogP contribution in [0.4, 0.5) is 0 Å². The topological polar surface area (TPSA) is 3.88 Å². The Morgan fingerprint density at radius 3 is 1.88 bits per heavy atom. The Bertz CT molecular complexity index is 1100. The Morgan fingerprint density at radius 2 is 1.34 bits per heavy atom. The third-order valence-electron chi connectivity index (χ3n) is 8.11. The van der Waals surface area contributed by atoms with Crippen LogP contribution in [0.25, 0.3) is 22.0 Å². The Morgan fingerprint density at radius 1 is 0.750 bits per heavy atom. The van der Waals surface area contributed by atoms with Crippen LogP contribution in [-0.2, 0) is 7.05 Å². The Labute approximate surface area is 197 Å². The van der Waals surface area contributed by atoms with E-state index in [-0.39, 0.29) is 0 Å². The van der Waals surface area contributed by atoms with Crippen molar-refractivity contribution in [2.24, 2.45) is 7.05 Å². The molecule has 0 aliphatic carbocycles. The van der Waals surface area contributed by atoms with Gasteiger partial charge in [0.15, 0.2) is 6.20 Å². The normalized spacial score (nSPS) is 12.7. The minimum Gasteiger partial charge on any atom is -0.200 e. The predicted octanol–water partition coefficient (Wildman–Crippen LogP) is 7.96. The minimum absolute atomic E-state index is 0.523. The van der Waals surface area contributed by atoms with E-state index in [1.165, 1.54) is 38.7 Å². The first-order valence-electron chi connectivity index (χ1n) is 12.5. The molecule has 0 aliphatic heterocycles. The average Bonchev–Trinajstić information content (AvgIpc) is 2.69. The fourth-order valence-corrected chi connectivity index (χ4v) is 13.2. The molecule has 0 spiro atoms. The van der Waals surface area contributed by atoms with Gasteiger partial charge in [0.25, 0.3) is 0 Å². The zero-order chi connectivity index (χ0) is 24.0. The van der Waals surface area contributed by atoms with Crippen LogP contribution in [0, 0.1) is 13.8 Å². The fourth-order valence-electron chi connectivity index (χ4n) is 6.44. The molecule has 3 rings (SSSR count). The number of hydrogen-bond acceptors (Lipinski definition) is 0. The molecule has 2 heteroatoms. The van der Waals surface area contributed by atoms with Crippen molar-refractivity contribution in [2.75, 3.05) is 0 Å². The minimum atomic E-state index is -1.68. The molecule has 172 valence electrons. The van der Waals surface area contributed by atoms with Gasteiger partial charge in [-0.1, -0.05) is 78.8 Å². The van der Waals surface area contributed by atoms with Gasteiger partial charge < -0.3 is 0 Å². The van der Waals surface area contributed by atoms with Gasteiger partial charge in [0.2, 0.25) is 5.69 Å². The van der Waals surface area contributed by atoms with E-state index in [2.05, 4.69) is 123 Å². The number of aryl methyl sites for hydroxylation is 2. The van der Waals surface area contributed by atoms with Crippen LogP contribution >= 0.6 is 0 Å². The molecule has 0 unspecified atom stereocenters. The van der Waals surface area contributed by atoms with E-state index in [1.807, 2.05) is 0 Å². The van der Waals surface area contributed by atoms with Gasteiger partial charge in [-0.05, 0) is 70.6 Å². The first kappa shape index (κ1) is 24.7. The van der Waals surface area contributed by atoms with Crippen molar-refractivity contribution in [3.05, 3.63) is 59.3 Å². The lowest BCUT2D eigenvalue weighted by molar-refractivity contribution is -0.659. The molecule has 0 amide bonds. The molecule has 0 radical (unpaired) electrons. The summed E-state index contributed by atoms with van der Waals surface area (Å²) < 4.78 is 2.31. The highest BCUT2D eigenvalue weighted by atomic mass is 28.3. The largest absolute Gasteiger partial charge is 0.220 e. The summed E-state index contributed by atoms with van der Waals surface area (Å²) in [5.41, 5.74) is 9.04. The smallest absolute Gasteiger partial charge is 0.200 e. The second kappa shape index (κ2) is 9.13. The summed E-state index contributed by atoms with van der Waals surface area (Å²) in [4.78, 5) is 0. The summed E-state index contributed by atoms with van der Waals surface area (Å²) in [5.74, 6) is 0.523. The van der Waals surface area contributed by atoms with Gasteiger partial charge in [-0.15, -0.1) is 0 Å². The lowest BCUT2D eigenvalue weighted by Gasteiger charge is -2.43. The summed E-state index contributed by atoms with van der Waals surface area (Å²) in [5, 5.41) is 4.36. The average molecular weight is 447 g/mol. The van der Waals surface area contributed by atoms with Gasteiger partial charge in [-0.2, -0.15) is 0 Å². The van der Waals surface area contributed by atoms with E-state index >= 15 is 0 Å². The molecule has 0 bridgehead atoms. The van der Waals surface area contributed by atoms with E-state index in [9.17, 15) is 0 Å². The number of fused-ring (bicyclic) bond motifs is 1. The molecule has 1 nitrogen and oxygen atoms in total. The van der Waals surface area contributed by atoms with Crippen molar-refractivity contribution in [1.82, 2.24) is 0 Å². The number of hydrogen-bond donors (Lipinski definition) is 0. The van der Waals surface area contributed by atoms with Crippen LogP contribution in [0.5, 0.6) is 0 Å². The number of rotatable bonds is 6. The number of nitrogens with zero attached hydrogens (tertiary/aromatic N) is 1. The molecule has 0 atom stereocenters. The lowest BCUT2D eigenvalue weighted by atomic mass is 9.91. The van der Waals surface area contributed by atoms with Gasteiger partial charge in [-0.25, -0.2) is 4.57 Å². The highest BCUT2D eigenvalue weighted by Gasteiger charge is 2.44. The number of aromatic nitrogens is 1. The summed E-state index contributed by atoms with van der Waals surface area (Å²) >= 11 is 0. The molecule has 2 aromatic carbocycles. The highest BCUT2D eigenvalue weighted by Crippen LogP contribution is 2.42. The first-order chi connectivity index (χ1) is 14.9. The van der Waals surface area contributed by atoms with Crippen LogP contribution < -0.4 is 9.75 Å². The molecule has 0 aliphatic rings. The summed E-state index contributed by atoms with van der Waals surface area (Å²) in [7, 11) is 0.508. The van der Waals surface area contributed by atoms with Crippen LogP contribution in [-0.4, -0.2) is 8.07 Å². The zero-order valence-electron chi connectivity index (χ0n) is 22.3. The van der Waals surface area contributed by atoms with E-state index < -0.39 is 8.07 Å². The van der Waals surface area contributed by atoms with Gasteiger partial charge >= 0.3 is 0 Å². The number of benzene rings is 2. The maximum absolute atomic E-state index is 2.54. The number of pyridine rings is 1. The van der Waals surface area contributed by atoms with Crippen molar-refractivity contribution >= 4 is 24.0 Å². The molecule has 3 aromatic rings. The van der Waals surface area contributed by atoms with Crippen molar-refractivity contribution in [1.29, 1.82) is 0 Å². The van der Waals surface area contributed by atoms with Crippen molar-refractivity contribution in [3.8, 4) is 11.3 Å². The predicted molar refractivity (Wildman–Crippen MR) is 145 cm³/mol. The Hall–Kier alpha value is -1.93. The molecular weight excluding hydrogens is 402 g/mol. The molecule has 1 aromatic heterocycles. The molecule has 0 saturated heterocycles. The van der Waals surface area contributed by atoms with Gasteiger partial charge in [0.1, 0.15) is 7.05 Å². The van der Waals surface area contributed by atoms with E-state index in [4.69, 9.17) is 0 Å². The van der Waals surface area contributed by atoms with E-state index in [1.54, 1.807) is 5.19 Å². The quantitative estimate of drug-likeness (QED) is 0.267. The molecular formula is C30H44NSi+. The fraction of sp³-hybridized carbons (Fsp3) is 0.500. The monoisotopic (exact) mass is 446 g/mol. The summed E-state index contributed by atoms with van der Waals surface area (Å²) in [6.07, 6.45) is 2.25. The van der Waals surface area contributed by atoms with Gasteiger partial charge in [-0.3, -0.25) is 0 Å². The van der Waals surface area contributed by atoms with Crippen LogP contribution in [0.1, 0.15) is 78.0 Å². The second-order valence-corrected chi connectivity index (χ2v) is 17.0. The Balaban J connectivity index is 2.33. The third-order valence-corrected chi connectivity index (χ3v) is 15.2. The maximum Gasteiger partial charge on any atom is 0.220 e. The van der Waals surface area contributed by atoms with Crippen LogP contribution in [0.2, 0.25) is 16.6 Å². The molecule has 0 saturated carbocycles. The molecule has 1 heterocycles. The van der Waals surface area contributed by atoms with Crippen LogP contribution in [0.15, 0.2) is 42.6 Å². The van der Waals surface area contributed by atoms with Crippen LogP contribution in [0.3, 0.4) is 0 Å². The zero-order valence-corrected chi connectivity index (χ0v) is 23.3. The van der Waals surface area contributed by atoms with Gasteiger partial charge in [0.05, 0.1) is 19.0 Å². The third kappa shape index (κ3) is 3.96. The lowest BCUT2D eigenvalue weighted by Crippen LogP contribution is -2.55. The summed E-state index contributed by atoms with van der Waals surface area (Å²) in [6, 6.07) is 14.5. The molecule has 0 N–H and O–H groups in total. The first-order valence-corrected chi connectivity index (χ1v) is 14.7. The van der Waals surface area contributed by atoms with Crippen molar-refractivity contribution < 1.29 is 4.57 Å². The van der Waals surface area contributed by atoms with Gasteiger partial charge in [0, 0.05) is 6.07 Å². The van der Waals surface area contributed by atoms with E-state index in [0.29, 0.717) is 22.5 Å². The highest BCUT2D eigenvalue weighted by molar-refractivity contribution is 6.95. The second-order valence-electron chi connectivity index (χ2n) is 11.1. The van der Waals surface area contributed by atoms with Crippen molar-refractivity contribution in [3.63, 3.8) is 0 Å². The van der Waals surface area contributed by atoms with E-state index in [0.717, 1.165) is 0 Å². The molecule has 32 heavy (non-hydrogen) atoms. The van der Waals surface area contributed by atoms with Crippen molar-refractivity contribution in [2.45, 2.75) is 91.8 Å². The Kier molecular flexibility index (Phi) is 7.05. The maximum atomic E-state index is 2.54. The molecule has 0 fully saturated rings. The summed E-state index contributed by atoms with van der Waals surface area (Å²) in [6.45, 7) is 23.8. The standard InChI is InChI=1S/C30H44NSi/c1-19(2)26-16-23(9)24(10)29(18-26)30-28-13-12-27(17-25(28)14-15-31(30)11)32(20(3)4,21(5)6)22(7)8/h12-22H,1-11H3/q+1. The SMILES string of the molecule is Cc1cc(C(C)C)cc(-c2c3ccc([Si](C(C)C)(C(C)C)C(C)C)cc3cc[n+]2C)c1C.